The standard InChI is InChI=1S/C18H32N2O3/c1-18(2,3)16(21)14-6-4-5-7-15(14)17(22)19-8-9-20-10-12-23-13-11-20/h14-15H,4-13H2,1-3H3,(H,19,22)/t14-,15+/m1/s1. The van der Waals surface area contributed by atoms with Gasteiger partial charge in [-0.05, 0) is 12.8 Å². The molecule has 1 saturated carbocycles. The van der Waals surface area contributed by atoms with Gasteiger partial charge < -0.3 is 10.1 Å². The molecule has 1 aliphatic carbocycles. The van der Waals surface area contributed by atoms with Crippen LogP contribution >= 0.6 is 0 Å². The number of ether oxygens (including phenoxy) is 1. The van der Waals surface area contributed by atoms with Crippen molar-refractivity contribution in [3.05, 3.63) is 0 Å². The van der Waals surface area contributed by atoms with Gasteiger partial charge in [-0.25, -0.2) is 0 Å². The number of morpholine rings is 1. The van der Waals surface area contributed by atoms with Gasteiger partial charge in [-0.15, -0.1) is 0 Å². The van der Waals surface area contributed by atoms with Crippen LogP contribution in [-0.2, 0) is 14.3 Å². The molecule has 1 N–H and O–H groups in total. The van der Waals surface area contributed by atoms with E-state index >= 15 is 0 Å². The highest BCUT2D eigenvalue weighted by atomic mass is 16.5. The topological polar surface area (TPSA) is 58.6 Å². The minimum Gasteiger partial charge on any atom is -0.379 e. The summed E-state index contributed by atoms with van der Waals surface area (Å²) < 4.78 is 5.33. The molecule has 2 fully saturated rings. The SMILES string of the molecule is CC(C)(C)C(=O)[C@@H]1CCCC[C@@H]1C(=O)NCCN1CCOCC1. The second kappa shape index (κ2) is 8.25. The van der Waals surface area contributed by atoms with E-state index in [9.17, 15) is 9.59 Å². The molecule has 2 aliphatic rings. The van der Waals surface area contributed by atoms with Crippen LogP contribution in [0.4, 0.5) is 0 Å². The van der Waals surface area contributed by atoms with E-state index < -0.39 is 0 Å². The van der Waals surface area contributed by atoms with Crippen molar-refractivity contribution in [3.63, 3.8) is 0 Å². The normalized spacial score (nSPS) is 26.7. The molecule has 5 nitrogen and oxygen atoms in total. The van der Waals surface area contributed by atoms with E-state index in [1.54, 1.807) is 0 Å². The van der Waals surface area contributed by atoms with E-state index in [1.807, 2.05) is 20.8 Å². The highest BCUT2D eigenvalue weighted by molar-refractivity contribution is 5.91. The van der Waals surface area contributed by atoms with Crippen molar-refractivity contribution in [2.24, 2.45) is 17.3 Å². The minimum atomic E-state index is -0.367. The number of hydrogen-bond acceptors (Lipinski definition) is 4. The number of nitrogens with zero attached hydrogens (tertiary/aromatic N) is 1. The first-order chi connectivity index (χ1) is 10.9. The highest BCUT2D eigenvalue weighted by Gasteiger charge is 2.39. The van der Waals surface area contributed by atoms with Gasteiger partial charge in [-0.3, -0.25) is 14.5 Å². The summed E-state index contributed by atoms with van der Waals surface area (Å²) >= 11 is 0. The van der Waals surface area contributed by atoms with Crippen LogP contribution in [0.5, 0.6) is 0 Å². The van der Waals surface area contributed by atoms with Gasteiger partial charge in [0.2, 0.25) is 5.91 Å². The third-order valence-corrected chi connectivity index (χ3v) is 5.01. The van der Waals surface area contributed by atoms with Gasteiger partial charge in [0, 0.05) is 43.4 Å². The molecule has 5 heteroatoms. The lowest BCUT2D eigenvalue weighted by atomic mass is 9.70. The number of carbonyl (C=O) groups excluding carboxylic acids is 2. The Morgan fingerprint density at radius 2 is 1.70 bits per heavy atom. The van der Waals surface area contributed by atoms with Crippen molar-refractivity contribution >= 4 is 11.7 Å². The molecule has 132 valence electrons. The summed E-state index contributed by atoms with van der Waals surface area (Å²) in [6, 6.07) is 0. The second-order valence-corrected chi connectivity index (χ2v) is 7.86. The summed E-state index contributed by atoms with van der Waals surface area (Å²) in [5, 5.41) is 3.06. The first-order valence-electron chi connectivity index (χ1n) is 9.02. The Morgan fingerprint density at radius 1 is 1.09 bits per heavy atom. The summed E-state index contributed by atoms with van der Waals surface area (Å²) in [5.41, 5.74) is -0.367. The van der Waals surface area contributed by atoms with Crippen LogP contribution in [0.25, 0.3) is 0 Å². The molecule has 2 atom stereocenters. The predicted molar refractivity (Wildman–Crippen MR) is 90.2 cm³/mol. The Morgan fingerprint density at radius 3 is 2.30 bits per heavy atom. The molecule has 0 radical (unpaired) electrons. The number of nitrogens with one attached hydrogen (secondary N) is 1. The molecular weight excluding hydrogens is 292 g/mol. The van der Waals surface area contributed by atoms with Crippen LogP contribution in [0.1, 0.15) is 46.5 Å². The smallest absolute Gasteiger partial charge is 0.223 e. The van der Waals surface area contributed by atoms with Crippen LogP contribution < -0.4 is 5.32 Å². The van der Waals surface area contributed by atoms with E-state index in [1.165, 1.54) is 0 Å². The number of ketones is 1. The molecule has 0 aromatic rings. The van der Waals surface area contributed by atoms with E-state index in [4.69, 9.17) is 4.74 Å². The lowest BCUT2D eigenvalue weighted by Gasteiger charge is -2.34. The molecule has 0 aromatic carbocycles. The minimum absolute atomic E-state index is 0.0700. The first-order valence-corrected chi connectivity index (χ1v) is 9.02. The Labute approximate surface area is 140 Å². The lowest BCUT2D eigenvalue weighted by Crippen LogP contribution is -2.46. The molecule has 1 aliphatic heterocycles. The van der Waals surface area contributed by atoms with Crippen LogP contribution in [0.3, 0.4) is 0 Å². The van der Waals surface area contributed by atoms with Gasteiger partial charge in [0.25, 0.3) is 0 Å². The first kappa shape index (κ1) is 18.4. The van der Waals surface area contributed by atoms with Gasteiger partial charge in [0.1, 0.15) is 5.78 Å². The van der Waals surface area contributed by atoms with Crippen molar-refractivity contribution in [3.8, 4) is 0 Å². The number of hydrogen-bond donors (Lipinski definition) is 1. The molecule has 0 bridgehead atoms. The fraction of sp³-hybridized carbons (Fsp3) is 0.889. The second-order valence-electron chi connectivity index (χ2n) is 7.86. The molecule has 0 unspecified atom stereocenters. The van der Waals surface area contributed by atoms with Crippen LogP contribution in [-0.4, -0.2) is 56.0 Å². The number of amides is 1. The zero-order valence-corrected chi connectivity index (χ0v) is 14.9. The van der Waals surface area contributed by atoms with Gasteiger partial charge in [-0.2, -0.15) is 0 Å². The van der Waals surface area contributed by atoms with E-state index in [0.717, 1.165) is 58.5 Å². The Hall–Kier alpha value is -0.940. The molecule has 0 spiro atoms. The maximum Gasteiger partial charge on any atom is 0.223 e. The predicted octanol–water partition coefficient (Wildman–Crippen LogP) is 1.86. The van der Waals surface area contributed by atoms with E-state index in [0.29, 0.717) is 6.54 Å². The van der Waals surface area contributed by atoms with Crippen molar-refractivity contribution in [1.82, 2.24) is 10.2 Å². The number of carbonyl (C=O) groups is 2. The largest absolute Gasteiger partial charge is 0.379 e. The van der Waals surface area contributed by atoms with Gasteiger partial charge in [0.05, 0.1) is 13.2 Å². The van der Waals surface area contributed by atoms with Crippen LogP contribution in [0.15, 0.2) is 0 Å². The van der Waals surface area contributed by atoms with Crippen molar-refractivity contribution in [2.45, 2.75) is 46.5 Å². The molecule has 1 saturated heterocycles. The summed E-state index contributed by atoms with van der Waals surface area (Å²) in [5.74, 6) is 0.0680. The average molecular weight is 324 g/mol. The lowest BCUT2D eigenvalue weighted by molar-refractivity contribution is -0.139. The van der Waals surface area contributed by atoms with Crippen molar-refractivity contribution < 1.29 is 14.3 Å². The molecule has 2 rings (SSSR count). The maximum atomic E-state index is 12.7. The Kier molecular flexibility index (Phi) is 6.60. The summed E-state index contributed by atoms with van der Waals surface area (Å²) in [6.07, 6.45) is 3.81. The van der Waals surface area contributed by atoms with Crippen molar-refractivity contribution in [1.29, 1.82) is 0 Å². The summed E-state index contributed by atoms with van der Waals surface area (Å²) in [4.78, 5) is 27.5. The third-order valence-electron chi connectivity index (χ3n) is 5.01. The third kappa shape index (κ3) is 5.28. The van der Waals surface area contributed by atoms with Gasteiger partial charge in [-0.1, -0.05) is 33.6 Å². The summed E-state index contributed by atoms with van der Waals surface area (Å²) in [6.45, 7) is 10.8. The van der Waals surface area contributed by atoms with Crippen LogP contribution in [0, 0.1) is 17.3 Å². The molecule has 1 heterocycles. The van der Waals surface area contributed by atoms with Gasteiger partial charge in [0.15, 0.2) is 0 Å². The monoisotopic (exact) mass is 324 g/mol. The number of rotatable bonds is 5. The Balaban J connectivity index is 1.84. The fourth-order valence-electron chi connectivity index (χ4n) is 3.61. The maximum absolute atomic E-state index is 12.7. The summed E-state index contributed by atoms with van der Waals surface area (Å²) in [7, 11) is 0. The average Bonchev–Trinajstić information content (AvgIpc) is 2.54. The van der Waals surface area contributed by atoms with E-state index in [-0.39, 0.29) is 28.9 Å². The highest BCUT2D eigenvalue weighted by Crippen LogP contribution is 2.35. The molecule has 1 amide bonds. The molecular formula is C18H32N2O3. The van der Waals surface area contributed by atoms with E-state index in [2.05, 4.69) is 10.2 Å². The van der Waals surface area contributed by atoms with Gasteiger partial charge >= 0.3 is 0 Å². The molecule has 0 aromatic heterocycles. The zero-order valence-electron chi connectivity index (χ0n) is 14.9. The quantitative estimate of drug-likeness (QED) is 0.838. The zero-order chi connectivity index (χ0) is 16.9. The Bertz CT molecular complexity index is 411. The van der Waals surface area contributed by atoms with Crippen LogP contribution in [0.2, 0.25) is 0 Å². The van der Waals surface area contributed by atoms with Crippen molar-refractivity contribution in [2.75, 3.05) is 39.4 Å². The fourth-order valence-corrected chi connectivity index (χ4v) is 3.61. The molecule has 23 heavy (non-hydrogen) atoms. The number of Topliss-reactive ketones (excluding diaryl/α,β-unsaturated/α-hetero) is 1.